The molecule has 0 heterocycles. The van der Waals surface area contributed by atoms with Crippen molar-refractivity contribution in [3.05, 3.63) is 29.3 Å². The molecule has 0 aliphatic rings. The topological polar surface area (TPSA) is 68.5 Å². The number of carbonyl (C=O) groups excluding carboxylic acids is 1. The summed E-state index contributed by atoms with van der Waals surface area (Å²) >= 11 is 0. The fourth-order valence-corrected chi connectivity index (χ4v) is 1.57. The lowest BCUT2D eigenvalue weighted by atomic mass is 10.1. The van der Waals surface area contributed by atoms with Gasteiger partial charge in [0.2, 0.25) is 0 Å². The van der Waals surface area contributed by atoms with Crippen molar-refractivity contribution in [1.29, 1.82) is 5.26 Å². The van der Waals surface area contributed by atoms with Gasteiger partial charge in [-0.25, -0.2) is 4.79 Å². The predicted octanol–water partition coefficient (Wildman–Crippen LogP) is 2.56. The second kappa shape index (κ2) is 7.85. The normalized spacial score (nSPS) is 10.6. The number of ether oxygens (including phenoxy) is 3. The standard InChI is InChI=1S/C15H17NO4/c1-4-19-13-7-6-11(9-14(13)20-5-2)8-12(10-16)15(17)18-3/h6-9H,4-5H2,1-3H3. The average molecular weight is 275 g/mol. The van der Waals surface area contributed by atoms with Crippen molar-refractivity contribution in [1.82, 2.24) is 0 Å². The molecular weight excluding hydrogens is 258 g/mol. The van der Waals surface area contributed by atoms with Crippen LogP contribution < -0.4 is 9.47 Å². The Morgan fingerprint density at radius 3 is 2.45 bits per heavy atom. The Bertz CT molecular complexity index is 543. The lowest BCUT2D eigenvalue weighted by Gasteiger charge is -2.11. The highest BCUT2D eigenvalue weighted by Gasteiger charge is 2.10. The first-order valence-corrected chi connectivity index (χ1v) is 6.26. The molecule has 0 aliphatic carbocycles. The van der Waals surface area contributed by atoms with Crippen LogP contribution in [-0.2, 0) is 9.53 Å². The molecule has 0 saturated heterocycles. The monoisotopic (exact) mass is 275 g/mol. The number of benzene rings is 1. The zero-order valence-corrected chi connectivity index (χ0v) is 11.8. The molecule has 0 aromatic heterocycles. The molecule has 1 rings (SSSR count). The summed E-state index contributed by atoms with van der Waals surface area (Å²) in [6.45, 7) is 4.78. The van der Waals surface area contributed by atoms with Crippen LogP contribution in [-0.4, -0.2) is 26.3 Å². The SMILES string of the molecule is CCOc1ccc(C=C(C#N)C(=O)OC)cc1OCC. The third kappa shape index (κ3) is 4.02. The zero-order valence-electron chi connectivity index (χ0n) is 11.8. The van der Waals surface area contributed by atoms with E-state index in [0.717, 1.165) is 0 Å². The van der Waals surface area contributed by atoms with Crippen molar-refractivity contribution < 1.29 is 19.0 Å². The Morgan fingerprint density at radius 2 is 1.90 bits per heavy atom. The summed E-state index contributed by atoms with van der Waals surface area (Å²) in [4.78, 5) is 11.4. The molecule has 0 radical (unpaired) electrons. The Kier molecular flexibility index (Phi) is 6.11. The summed E-state index contributed by atoms with van der Waals surface area (Å²) in [5, 5.41) is 8.93. The molecule has 5 nitrogen and oxygen atoms in total. The molecule has 106 valence electrons. The molecule has 0 fully saturated rings. The number of hydrogen-bond acceptors (Lipinski definition) is 5. The third-order valence-corrected chi connectivity index (χ3v) is 2.40. The number of methoxy groups -OCH3 is 1. The maximum atomic E-state index is 11.4. The first-order chi connectivity index (χ1) is 9.65. The molecule has 0 spiro atoms. The van der Waals surface area contributed by atoms with Crippen molar-refractivity contribution in [2.45, 2.75) is 13.8 Å². The van der Waals surface area contributed by atoms with Crippen molar-refractivity contribution in [2.24, 2.45) is 0 Å². The van der Waals surface area contributed by atoms with Gasteiger partial charge in [-0.1, -0.05) is 6.07 Å². The number of carbonyl (C=O) groups is 1. The van der Waals surface area contributed by atoms with Crippen LogP contribution in [0.4, 0.5) is 0 Å². The van der Waals surface area contributed by atoms with Gasteiger partial charge in [-0.15, -0.1) is 0 Å². The summed E-state index contributed by atoms with van der Waals surface area (Å²) in [5.74, 6) is 0.535. The third-order valence-electron chi connectivity index (χ3n) is 2.40. The van der Waals surface area contributed by atoms with E-state index in [1.807, 2.05) is 13.8 Å². The van der Waals surface area contributed by atoms with Gasteiger partial charge in [-0.2, -0.15) is 5.26 Å². The van der Waals surface area contributed by atoms with Crippen molar-refractivity contribution in [3.8, 4) is 17.6 Å². The molecule has 0 bridgehead atoms. The molecule has 0 unspecified atom stereocenters. The number of nitriles is 1. The molecule has 0 aliphatic heterocycles. The molecule has 0 atom stereocenters. The minimum Gasteiger partial charge on any atom is -0.490 e. The Hall–Kier alpha value is -2.48. The van der Waals surface area contributed by atoms with Gasteiger partial charge < -0.3 is 14.2 Å². The summed E-state index contributed by atoms with van der Waals surface area (Å²) in [6.07, 6.45) is 1.45. The number of hydrogen-bond donors (Lipinski definition) is 0. The summed E-state index contributed by atoms with van der Waals surface area (Å²) < 4.78 is 15.5. The Morgan fingerprint density at radius 1 is 1.25 bits per heavy atom. The van der Waals surface area contributed by atoms with Crippen molar-refractivity contribution >= 4 is 12.0 Å². The van der Waals surface area contributed by atoms with E-state index >= 15 is 0 Å². The van der Waals surface area contributed by atoms with Gasteiger partial charge in [0, 0.05) is 0 Å². The van der Waals surface area contributed by atoms with Gasteiger partial charge >= 0.3 is 5.97 Å². The molecule has 20 heavy (non-hydrogen) atoms. The van der Waals surface area contributed by atoms with Gasteiger partial charge in [0.15, 0.2) is 11.5 Å². The molecule has 0 amide bonds. The minimum absolute atomic E-state index is 0.0703. The van der Waals surface area contributed by atoms with E-state index in [2.05, 4.69) is 4.74 Å². The van der Waals surface area contributed by atoms with Gasteiger partial charge in [-0.3, -0.25) is 0 Å². The average Bonchev–Trinajstić information content (AvgIpc) is 2.47. The highest BCUT2D eigenvalue weighted by Crippen LogP contribution is 2.29. The highest BCUT2D eigenvalue weighted by atomic mass is 16.5. The molecule has 5 heteroatoms. The van der Waals surface area contributed by atoms with Crippen LogP contribution in [0, 0.1) is 11.3 Å². The van der Waals surface area contributed by atoms with Crippen LogP contribution in [0.3, 0.4) is 0 Å². The Balaban J connectivity index is 3.14. The number of nitrogens with zero attached hydrogens (tertiary/aromatic N) is 1. The zero-order chi connectivity index (χ0) is 15.0. The molecule has 1 aromatic carbocycles. The maximum absolute atomic E-state index is 11.4. The summed E-state index contributed by atoms with van der Waals surface area (Å²) in [6, 6.07) is 7.01. The largest absolute Gasteiger partial charge is 0.490 e. The van der Waals surface area contributed by atoms with Crippen molar-refractivity contribution in [2.75, 3.05) is 20.3 Å². The van der Waals surface area contributed by atoms with Crippen molar-refractivity contribution in [3.63, 3.8) is 0 Å². The first-order valence-electron chi connectivity index (χ1n) is 6.26. The van der Waals surface area contributed by atoms with Gasteiger partial charge in [0.25, 0.3) is 0 Å². The van der Waals surface area contributed by atoms with E-state index in [1.54, 1.807) is 24.3 Å². The van der Waals surface area contributed by atoms with Crippen LogP contribution >= 0.6 is 0 Å². The maximum Gasteiger partial charge on any atom is 0.348 e. The quantitative estimate of drug-likeness (QED) is 0.453. The van der Waals surface area contributed by atoms with E-state index in [-0.39, 0.29) is 5.57 Å². The smallest absolute Gasteiger partial charge is 0.348 e. The highest BCUT2D eigenvalue weighted by molar-refractivity contribution is 5.97. The van der Waals surface area contributed by atoms with E-state index < -0.39 is 5.97 Å². The second-order valence-corrected chi connectivity index (χ2v) is 3.73. The van der Waals surface area contributed by atoms with E-state index in [1.165, 1.54) is 13.2 Å². The summed E-state index contributed by atoms with van der Waals surface area (Å²) in [7, 11) is 1.23. The first kappa shape index (κ1) is 15.6. The van der Waals surface area contributed by atoms with Crippen LogP contribution in [0.2, 0.25) is 0 Å². The predicted molar refractivity (Wildman–Crippen MR) is 74.4 cm³/mol. The van der Waals surface area contributed by atoms with Gasteiger partial charge in [0.05, 0.1) is 20.3 Å². The van der Waals surface area contributed by atoms with E-state index in [4.69, 9.17) is 14.7 Å². The minimum atomic E-state index is -0.667. The summed E-state index contributed by atoms with van der Waals surface area (Å²) in [5.41, 5.74) is 0.595. The second-order valence-electron chi connectivity index (χ2n) is 3.73. The van der Waals surface area contributed by atoms with Gasteiger partial charge in [-0.05, 0) is 37.6 Å². The van der Waals surface area contributed by atoms with Crippen LogP contribution in [0.25, 0.3) is 6.08 Å². The molecular formula is C15H17NO4. The molecule has 0 N–H and O–H groups in total. The van der Waals surface area contributed by atoms with E-state index in [0.29, 0.717) is 30.3 Å². The van der Waals surface area contributed by atoms with Crippen LogP contribution in [0.15, 0.2) is 23.8 Å². The number of esters is 1. The lowest BCUT2D eigenvalue weighted by molar-refractivity contribution is -0.135. The molecule has 0 saturated carbocycles. The van der Waals surface area contributed by atoms with E-state index in [9.17, 15) is 4.79 Å². The fourth-order valence-electron chi connectivity index (χ4n) is 1.57. The number of rotatable bonds is 6. The van der Waals surface area contributed by atoms with Crippen LogP contribution in [0.5, 0.6) is 11.5 Å². The van der Waals surface area contributed by atoms with Crippen LogP contribution in [0.1, 0.15) is 19.4 Å². The molecule has 1 aromatic rings. The Labute approximate surface area is 118 Å². The lowest BCUT2D eigenvalue weighted by Crippen LogP contribution is -2.03. The fraction of sp³-hybridized carbons (Fsp3) is 0.333. The van der Waals surface area contributed by atoms with Gasteiger partial charge in [0.1, 0.15) is 11.6 Å².